The fraction of sp³-hybridized carbons (Fsp3) is 0.643. The summed E-state index contributed by atoms with van der Waals surface area (Å²) in [5, 5.41) is 4.17. The zero-order valence-electron chi connectivity index (χ0n) is 11.7. The first-order chi connectivity index (χ1) is 9.02. The number of rotatable bonds is 3. The second-order valence-corrected chi connectivity index (χ2v) is 6.21. The van der Waals surface area contributed by atoms with Crippen LogP contribution in [0.5, 0.6) is 0 Å². The van der Waals surface area contributed by atoms with Gasteiger partial charge in [-0.15, -0.1) is 0 Å². The Morgan fingerprint density at radius 1 is 1.21 bits per heavy atom. The second kappa shape index (κ2) is 6.19. The Morgan fingerprint density at radius 2 is 1.84 bits per heavy atom. The summed E-state index contributed by atoms with van der Waals surface area (Å²) in [4.78, 5) is 6.74. The molecule has 0 atom stereocenters. The highest BCUT2D eigenvalue weighted by atomic mass is 35.5. The molecule has 1 saturated carbocycles. The Labute approximate surface area is 125 Å². The van der Waals surface area contributed by atoms with Gasteiger partial charge in [-0.25, -0.2) is 4.98 Å². The van der Waals surface area contributed by atoms with E-state index in [9.17, 15) is 0 Å². The fourth-order valence-corrected chi connectivity index (χ4v) is 3.27. The highest BCUT2D eigenvalue weighted by Crippen LogP contribution is 2.35. The minimum atomic E-state index is 0.520. The Balaban J connectivity index is 2.21. The van der Waals surface area contributed by atoms with E-state index in [2.05, 4.69) is 29.2 Å². The molecule has 0 spiro atoms. The molecule has 0 radical (unpaired) electrons. The Morgan fingerprint density at radius 3 is 2.42 bits per heavy atom. The number of anilines is 2. The maximum absolute atomic E-state index is 6.28. The van der Waals surface area contributed by atoms with E-state index in [-0.39, 0.29) is 0 Å². The van der Waals surface area contributed by atoms with Gasteiger partial charge in [0.05, 0.1) is 10.0 Å². The van der Waals surface area contributed by atoms with Crippen molar-refractivity contribution in [3.8, 4) is 0 Å². The first-order valence-electron chi connectivity index (χ1n) is 6.79. The van der Waals surface area contributed by atoms with Crippen LogP contribution in [-0.2, 0) is 0 Å². The van der Waals surface area contributed by atoms with Gasteiger partial charge in [0.1, 0.15) is 11.6 Å². The van der Waals surface area contributed by atoms with Gasteiger partial charge in [0.15, 0.2) is 0 Å². The number of aromatic nitrogens is 1. The van der Waals surface area contributed by atoms with Crippen molar-refractivity contribution >= 4 is 34.8 Å². The summed E-state index contributed by atoms with van der Waals surface area (Å²) in [6.07, 6.45) is 4.96. The molecule has 0 aromatic carbocycles. The summed E-state index contributed by atoms with van der Waals surface area (Å²) < 4.78 is 0. The van der Waals surface area contributed by atoms with E-state index in [0.717, 1.165) is 11.7 Å². The number of nitrogens with one attached hydrogen (secondary N) is 1. The maximum atomic E-state index is 6.28. The predicted octanol–water partition coefficient (Wildman–Crippen LogP) is 4.45. The first-order valence-corrected chi connectivity index (χ1v) is 7.55. The molecular formula is C14H21Cl2N3. The fourth-order valence-electron chi connectivity index (χ4n) is 2.68. The SMILES string of the molecule is CNc1nc(N(C)C2CCC(C)CC2)c(Cl)cc1Cl. The largest absolute Gasteiger partial charge is 0.372 e. The standard InChI is InChI=1S/C14H21Cl2N3/c1-9-4-6-10(7-5-9)19(3)14-12(16)8-11(15)13(17-2)18-14/h8-10H,4-7H2,1-3H3,(H,17,18). The van der Waals surface area contributed by atoms with E-state index >= 15 is 0 Å². The average Bonchev–Trinajstić information content (AvgIpc) is 2.39. The minimum absolute atomic E-state index is 0.520. The first kappa shape index (κ1) is 14.7. The van der Waals surface area contributed by atoms with Crippen LogP contribution in [0.25, 0.3) is 0 Å². The number of halogens is 2. The normalized spacial score (nSPS) is 23.2. The highest BCUT2D eigenvalue weighted by Gasteiger charge is 2.24. The summed E-state index contributed by atoms with van der Waals surface area (Å²) in [7, 11) is 3.89. The van der Waals surface area contributed by atoms with E-state index in [4.69, 9.17) is 23.2 Å². The van der Waals surface area contributed by atoms with Crippen LogP contribution in [0.15, 0.2) is 6.07 Å². The molecule has 1 heterocycles. The van der Waals surface area contributed by atoms with Crippen molar-refractivity contribution < 1.29 is 0 Å². The molecule has 1 aromatic heterocycles. The number of nitrogens with zero attached hydrogens (tertiary/aromatic N) is 2. The van der Waals surface area contributed by atoms with Crippen LogP contribution in [0.3, 0.4) is 0 Å². The minimum Gasteiger partial charge on any atom is -0.372 e. The molecule has 0 saturated heterocycles. The third kappa shape index (κ3) is 3.26. The summed E-state index contributed by atoms with van der Waals surface area (Å²) in [5.41, 5.74) is 0. The van der Waals surface area contributed by atoms with Crippen LogP contribution in [0.4, 0.5) is 11.6 Å². The molecule has 19 heavy (non-hydrogen) atoms. The van der Waals surface area contributed by atoms with Gasteiger partial charge in [-0.05, 0) is 37.7 Å². The molecule has 106 valence electrons. The van der Waals surface area contributed by atoms with Crippen molar-refractivity contribution in [2.45, 2.75) is 38.6 Å². The van der Waals surface area contributed by atoms with Crippen LogP contribution >= 0.6 is 23.2 Å². The Bertz CT molecular complexity index is 443. The van der Waals surface area contributed by atoms with Gasteiger partial charge in [0.2, 0.25) is 0 Å². The second-order valence-electron chi connectivity index (χ2n) is 5.40. The smallest absolute Gasteiger partial charge is 0.149 e. The maximum Gasteiger partial charge on any atom is 0.149 e. The van der Waals surface area contributed by atoms with Gasteiger partial charge in [-0.2, -0.15) is 0 Å². The molecule has 5 heteroatoms. The Hall–Kier alpha value is -0.670. The van der Waals surface area contributed by atoms with Gasteiger partial charge in [-0.3, -0.25) is 0 Å². The van der Waals surface area contributed by atoms with Gasteiger partial charge >= 0.3 is 0 Å². The van der Waals surface area contributed by atoms with Crippen LogP contribution in [0.2, 0.25) is 10.0 Å². The summed E-state index contributed by atoms with van der Waals surface area (Å²) in [6, 6.07) is 2.28. The molecule has 1 aliphatic rings. The molecule has 0 bridgehead atoms. The predicted molar refractivity (Wildman–Crippen MR) is 83.6 cm³/mol. The topological polar surface area (TPSA) is 28.2 Å². The molecule has 0 unspecified atom stereocenters. The van der Waals surface area contributed by atoms with E-state index in [1.807, 2.05) is 7.05 Å². The molecule has 2 rings (SSSR count). The monoisotopic (exact) mass is 301 g/mol. The molecule has 3 nitrogen and oxygen atoms in total. The van der Waals surface area contributed by atoms with Crippen molar-refractivity contribution in [2.24, 2.45) is 5.92 Å². The number of pyridine rings is 1. The van der Waals surface area contributed by atoms with Gasteiger partial charge in [0, 0.05) is 20.1 Å². The zero-order valence-corrected chi connectivity index (χ0v) is 13.2. The molecular weight excluding hydrogens is 281 g/mol. The van der Waals surface area contributed by atoms with Crippen molar-refractivity contribution in [3.63, 3.8) is 0 Å². The van der Waals surface area contributed by atoms with Gasteiger partial charge < -0.3 is 10.2 Å². The van der Waals surface area contributed by atoms with Gasteiger partial charge in [-0.1, -0.05) is 30.1 Å². The summed E-state index contributed by atoms with van der Waals surface area (Å²) in [6.45, 7) is 2.32. The molecule has 0 amide bonds. The van der Waals surface area contributed by atoms with E-state index < -0.39 is 0 Å². The molecule has 1 aliphatic carbocycles. The zero-order chi connectivity index (χ0) is 14.0. The molecule has 1 N–H and O–H groups in total. The van der Waals surface area contributed by atoms with Crippen LogP contribution in [-0.4, -0.2) is 25.1 Å². The highest BCUT2D eigenvalue weighted by molar-refractivity contribution is 6.37. The lowest BCUT2D eigenvalue weighted by atomic mass is 9.87. The van der Waals surface area contributed by atoms with E-state index in [1.165, 1.54) is 25.7 Å². The summed E-state index contributed by atoms with van der Waals surface area (Å²) in [5.74, 6) is 2.33. The molecule has 0 aliphatic heterocycles. The lowest BCUT2D eigenvalue weighted by Gasteiger charge is -2.34. The van der Waals surface area contributed by atoms with Crippen molar-refractivity contribution in [1.29, 1.82) is 0 Å². The van der Waals surface area contributed by atoms with E-state index in [0.29, 0.717) is 21.9 Å². The van der Waals surface area contributed by atoms with E-state index in [1.54, 1.807) is 6.07 Å². The van der Waals surface area contributed by atoms with Gasteiger partial charge in [0.25, 0.3) is 0 Å². The molecule has 1 fully saturated rings. The lowest BCUT2D eigenvalue weighted by Crippen LogP contribution is -2.35. The number of hydrogen-bond donors (Lipinski definition) is 1. The molecule has 1 aromatic rings. The third-order valence-corrected chi connectivity index (χ3v) is 4.58. The van der Waals surface area contributed by atoms with Crippen molar-refractivity contribution in [3.05, 3.63) is 16.1 Å². The van der Waals surface area contributed by atoms with Crippen LogP contribution in [0, 0.1) is 5.92 Å². The van der Waals surface area contributed by atoms with Crippen molar-refractivity contribution in [2.75, 3.05) is 24.3 Å². The Kier molecular flexibility index (Phi) is 4.80. The number of hydrogen-bond acceptors (Lipinski definition) is 3. The third-order valence-electron chi connectivity index (χ3n) is 4.01. The van der Waals surface area contributed by atoms with Crippen molar-refractivity contribution in [1.82, 2.24) is 4.98 Å². The average molecular weight is 302 g/mol. The van der Waals surface area contributed by atoms with Crippen LogP contribution < -0.4 is 10.2 Å². The quantitative estimate of drug-likeness (QED) is 0.894. The van der Waals surface area contributed by atoms with Crippen LogP contribution in [0.1, 0.15) is 32.6 Å². The summed E-state index contributed by atoms with van der Waals surface area (Å²) >= 11 is 12.4. The lowest BCUT2D eigenvalue weighted by molar-refractivity contribution is 0.340.